The maximum Gasteiger partial charge on any atom is 0.266 e. The quantitative estimate of drug-likeness (QED) is 0.872. The van der Waals surface area contributed by atoms with Crippen LogP contribution in [0.3, 0.4) is 0 Å². The molecule has 0 unspecified atom stereocenters. The molecular weight excluding hydrogens is 360 g/mol. The van der Waals surface area contributed by atoms with E-state index in [4.69, 9.17) is 9.47 Å². The van der Waals surface area contributed by atoms with Crippen LogP contribution in [0.1, 0.15) is 0 Å². The highest BCUT2D eigenvalue weighted by Gasteiger charge is 2.20. The van der Waals surface area contributed by atoms with Crippen LogP contribution in [0, 0.1) is 0 Å². The zero-order valence-corrected chi connectivity index (χ0v) is 13.7. The van der Waals surface area contributed by atoms with E-state index in [9.17, 15) is 8.42 Å². The average molecular weight is 373 g/mol. The number of pyridine rings is 1. The van der Waals surface area contributed by atoms with Crippen molar-refractivity contribution in [3.05, 3.63) is 40.9 Å². The molecule has 2 rings (SSSR count). The zero-order chi connectivity index (χ0) is 15.5. The molecule has 1 heterocycles. The molecule has 0 amide bonds. The number of anilines is 1. The molecule has 1 N–H and O–H groups in total. The van der Waals surface area contributed by atoms with E-state index in [1.54, 1.807) is 24.3 Å². The number of methoxy groups -OCH3 is 2. The van der Waals surface area contributed by atoms with Crippen LogP contribution in [-0.4, -0.2) is 27.6 Å². The second-order valence-corrected chi connectivity index (χ2v) is 6.45. The molecule has 0 aliphatic rings. The van der Waals surface area contributed by atoms with E-state index in [0.717, 1.165) is 0 Å². The molecule has 0 bridgehead atoms. The Morgan fingerprint density at radius 3 is 2.48 bits per heavy atom. The van der Waals surface area contributed by atoms with E-state index in [2.05, 4.69) is 25.6 Å². The van der Waals surface area contributed by atoms with Crippen molar-refractivity contribution in [2.45, 2.75) is 4.90 Å². The highest BCUT2D eigenvalue weighted by atomic mass is 79.9. The summed E-state index contributed by atoms with van der Waals surface area (Å²) in [6.45, 7) is 0. The van der Waals surface area contributed by atoms with Crippen molar-refractivity contribution in [3.8, 4) is 11.6 Å². The van der Waals surface area contributed by atoms with Crippen molar-refractivity contribution in [2.24, 2.45) is 0 Å². The molecule has 0 spiro atoms. The maximum absolute atomic E-state index is 12.4. The molecule has 0 fully saturated rings. The minimum atomic E-state index is -3.80. The van der Waals surface area contributed by atoms with Crippen LogP contribution >= 0.6 is 15.9 Å². The molecule has 0 saturated heterocycles. The topological polar surface area (TPSA) is 77.5 Å². The van der Waals surface area contributed by atoms with Crippen LogP contribution in [0.2, 0.25) is 0 Å². The minimum Gasteiger partial charge on any atom is -0.495 e. The number of hydrogen-bond donors (Lipinski definition) is 1. The summed E-state index contributed by atoms with van der Waals surface area (Å²) in [6.07, 6.45) is 0. The number of ether oxygens (including phenoxy) is 2. The first kappa shape index (κ1) is 15.6. The molecule has 1 aromatic carbocycles. The van der Waals surface area contributed by atoms with E-state index in [1.165, 1.54) is 26.4 Å². The van der Waals surface area contributed by atoms with Gasteiger partial charge in [0.2, 0.25) is 5.88 Å². The number of nitrogens with one attached hydrogen (secondary N) is 1. The third-order valence-electron chi connectivity index (χ3n) is 2.60. The van der Waals surface area contributed by atoms with Crippen molar-refractivity contribution in [2.75, 3.05) is 18.9 Å². The van der Waals surface area contributed by atoms with Gasteiger partial charge < -0.3 is 9.47 Å². The lowest BCUT2D eigenvalue weighted by atomic mass is 10.3. The fourth-order valence-corrected chi connectivity index (χ4v) is 3.21. The number of rotatable bonds is 5. The van der Waals surface area contributed by atoms with Gasteiger partial charge in [0.05, 0.1) is 18.7 Å². The van der Waals surface area contributed by atoms with E-state index in [0.29, 0.717) is 4.47 Å². The Morgan fingerprint density at radius 2 is 1.81 bits per heavy atom. The smallest absolute Gasteiger partial charge is 0.266 e. The van der Waals surface area contributed by atoms with Gasteiger partial charge in [-0.3, -0.25) is 4.72 Å². The Hall–Kier alpha value is -1.80. The van der Waals surface area contributed by atoms with Crippen molar-refractivity contribution in [1.29, 1.82) is 0 Å². The first-order valence-electron chi connectivity index (χ1n) is 5.84. The lowest BCUT2D eigenvalue weighted by molar-refractivity contribution is 0.396. The average Bonchev–Trinajstić information content (AvgIpc) is 2.49. The third kappa shape index (κ3) is 3.45. The summed E-state index contributed by atoms with van der Waals surface area (Å²) in [5.41, 5.74) is 0. The SMILES string of the molecule is COc1ccccc1S(=O)(=O)Nc1ccc(Br)c(OC)n1. The highest BCUT2D eigenvalue weighted by molar-refractivity contribution is 9.10. The minimum absolute atomic E-state index is 0.0381. The standard InChI is InChI=1S/C13H13BrN2O4S/c1-19-10-5-3-4-6-11(10)21(17,18)16-12-8-7-9(14)13(15-12)20-2/h3-8H,1-2H3,(H,15,16). The summed E-state index contributed by atoms with van der Waals surface area (Å²) in [7, 11) is -0.940. The predicted octanol–water partition coefficient (Wildman–Crippen LogP) is 2.66. The lowest BCUT2D eigenvalue weighted by Gasteiger charge is -2.11. The van der Waals surface area contributed by atoms with E-state index < -0.39 is 10.0 Å². The van der Waals surface area contributed by atoms with Gasteiger partial charge in [0.15, 0.2) is 0 Å². The van der Waals surface area contributed by atoms with Gasteiger partial charge in [-0.25, -0.2) is 8.42 Å². The van der Waals surface area contributed by atoms with Gasteiger partial charge in [-0.2, -0.15) is 4.98 Å². The zero-order valence-electron chi connectivity index (χ0n) is 11.3. The van der Waals surface area contributed by atoms with Gasteiger partial charge in [-0.1, -0.05) is 12.1 Å². The van der Waals surface area contributed by atoms with Gasteiger partial charge in [-0.05, 0) is 40.2 Å². The van der Waals surface area contributed by atoms with Crippen LogP contribution in [0.15, 0.2) is 45.8 Å². The summed E-state index contributed by atoms with van der Waals surface area (Å²) in [5, 5.41) is 0. The van der Waals surface area contributed by atoms with Crippen LogP contribution in [0.5, 0.6) is 11.6 Å². The van der Waals surface area contributed by atoms with Gasteiger partial charge >= 0.3 is 0 Å². The van der Waals surface area contributed by atoms with Crippen LogP contribution < -0.4 is 14.2 Å². The summed E-state index contributed by atoms with van der Waals surface area (Å²) in [5.74, 6) is 0.699. The summed E-state index contributed by atoms with van der Waals surface area (Å²) >= 11 is 3.25. The number of nitrogens with zero attached hydrogens (tertiary/aromatic N) is 1. The Labute approximate surface area is 131 Å². The van der Waals surface area contributed by atoms with Crippen molar-refractivity contribution in [1.82, 2.24) is 4.98 Å². The Kier molecular flexibility index (Phi) is 4.69. The Bertz CT molecular complexity index is 750. The van der Waals surface area contributed by atoms with Crippen LogP contribution in [0.25, 0.3) is 0 Å². The van der Waals surface area contributed by atoms with Crippen molar-refractivity contribution < 1.29 is 17.9 Å². The van der Waals surface area contributed by atoms with Crippen molar-refractivity contribution in [3.63, 3.8) is 0 Å². The summed E-state index contributed by atoms with van der Waals surface area (Å²) in [4.78, 5) is 4.09. The number of para-hydroxylation sites is 1. The predicted molar refractivity (Wildman–Crippen MR) is 82.3 cm³/mol. The number of halogens is 1. The molecule has 8 heteroatoms. The molecule has 0 aliphatic heterocycles. The van der Waals surface area contributed by atoms with Crippen molar-refractivity contribution >= 4 is 31.8 Å². The number of benzene rings is 1. The molecule has 0 atom stereocenters. The molecule has 1 aromatic heterocycles. The molecule has 0 saturated carbocycles. The molecule has 0 radical (unpaired) electrons. The monoisotopic (exact) mass is 372 g/mol. The lowest BCUT2D eigenvalue weighted by Crippen LogP contribution is -2.15. The molecule has 112 valence electrons. The number of aromatic nitrogens is 1. The number of hydrogen-bond acceptors (Lipinski definition) is 5. The molecule has 6 nitrogen and oxygen atoms in total. The highest BCUT2D eigenvalue weighted by Crippen LogP contribution is 2.27. The summed E-state index contributed by atoms with van der Waals surface area (Å²) in [6, 6.07) is 9.51. The normalized spacial score (nSPS) is 11.0. The maximum atomic E-state index is 12.4. The first-order valence-corrected chi connectivity index (χ1v) is 8.12. The van der Waals surface area contributed by atoms with Gasteiger partial charge in [0.1, 0.15) is 16.5 Å². The van der Waals surface area contributed by atoms with Crippen LogP contribution in [0.4, 0.5) is 5.82 Å². The number of sulfonamides is 1. The second-order valence-electron chi connectivity index (χ2n) is 3.94. The van der Waals surface area contributed by atoms with Gasteiger partial charge in [0, 0.05) is 0 Å². The molecule has 0 aliphatic carbocycles. The first-order chi connectivity index (χ1) is 9.97. The fraction of sp³-hybridized carbons (Fsp3) is 0.154. The molecule has 21 heavy (non-hydrogen) atoms. The molecular formula is C13H13BrN2O4S. The van der Waals surface area contributed by atoms with E-state index >= 15 is 0 Å². The summed E-state index contributed by atoms with van der Waals surface area (Å²) < 4.78 is 37.9. The van der Waals surface area contributed by atoms with E-state index in [-0.39, 0.29) is 22.3 Å². The largest absolute Gasteiger partial charge is 0.495 e. The van der Waals surface area contributed by atoms with Gasteiger partial charge in [0.25, 0.3) is 10.0 Å². The van der Waals surface area contributed by atoms with E-state index in [1.807, 2.05) is 0 Å². The van der Waals surface area contributed by atoms with Gasteiger partial charge in [-0.15, -0.1) is 0 Å². The Balaban J connectivity index is 2.37. The molecule has 2 aromatic rings. The van der Waals surface area contributed by atoms with Crippen LogP contribution in [-0.2, 0) is 10.0 Å². The fourth-order valence-electron chi connectivity index (χ4n) is 1.66. The second kappa shape index (κ2) is 6.31. The third-order valence-corrected chi connectivity index (χ3v) is 4.60. The Morgan fingerprint density at radius 1 is 1.10 bits per heavy atom.